The van der Waals surface area contributed by atoms with E-state index in [0.29, 0.717) is 0 Å². The lowest BCUT2D eigenvalue weighted by molar-refractivity contribution is -0.146. The first-order valence-corrected chi connectivity index (χ1v) is 5.26. The molecule has 0 aromatic carbocycles. The highest BCUT2D eigenvalue weighted by Crippen LogP contribution is 2.02. The van der Waals surface area contributed by atoms with Gasteiger partial charge in [0.2, 0.25) is 5.91 Å². The van der Waals surface area contributed by atoms with Gasteiger partial charge in [0.15, 0.2) is 0 Å². The molecular formula is C11H17N3O3. The SMILES string of the molecule is COC(=O)CN(C)C(=O)Cn1nc(C)cc1C. The van der Waals surface area contributed by atoms with E-state index in [4.69, 9.17) is 0 Å². The van der Waals surface area contributed by atoms with Crippen LogP contribution >= 0.6 is 0 Å². The summed E-state index contributed by atoms with van der Waals surface area (Å²) in [5.41, 5.74) is 1.79. The molecular weight excluding hydrogens is 222 g/mol. The number of carbonyl (C=O) groups is 2. The van der Waals surface area contributed by atoms with E-state index in [0.717, 1.165) is 11.4 Å². The van der Waals surface area contributed by atoms with E-state index in [1.165, 1.54) is 12.0 Å². The predicted molar refractivity (Wildman–Crippen MR) is 61.4 cm³/mol. The van der Waals surface area contributed by atoms with Crippen molar-refractivity contribution in [2.45, 2.75) is 20.4 Å². The highest BCUT2D eigenvalue weighted by Gasteiger charge is 2.14. The van der Waals surface area contributed by atoms with Gasteiger partial charge in [0.05, 0.1) is 12.8 Å². The zero-order chi connectivity index (χ0) is 13.0. The second kappa shape index (κ2) is 5.47. The molecule has 6 heteroatoms. The minimum Gasteiger partial charge on any atom is -0.468 e. The standard InChI is InChI=1S/C11H17N3O3/c1-8-5-9(2)14(12-8)6-10(15)13(3)7-11(16)17-4/h5H,6-7H2,1-4H3. The summed E-state index contributed by atoms with van der Waals surface area (Å²) in [6, 6.07) is 1.90. The van der Waals surface area contributed by atoms with Gasteiger partial charge in [0, 0.05) is 12.7 Å². The Labute approximate surface area is 100 Å². The summed E-state index contributed by atoms with van der Waals surface area (Å²) < 4.78 is 6.11. The van der Waals surface area contributed by atoms with E-state index < -0.39 is 5.97 Å². The van der Waals surface area contributed by atoms with Crippen molar-refractivity contribution >= 4 is 11.9 Å². The normalized spacial score (nSPS) is 10.1. The lowest BCUT2D eigenvalue weighted by Crippen LogP contribution is -2.35. The number of esters is 1. The summed E-state index contributed by atoms with van der Waals surface area (Å²) in [4.78, 5) is 24.1. The molecule has 1 heterocycles. The van der Waals surface area contributed by atoms with Gasteiger partial charge in [-0.15, -0.1) is 0 Å². The maximum atomic E-state index is 11.8. The molecule has 0 unspecified atom stereocenters. The molecule has 0 aliphatic carbocycles. The largest absolute Gasteiger partial charge is 0.468 e. The number of hydrogen-bond acceptors (Lipinski definition) is 4. The Morgan fingerprint density at radius 1 is 1.47 bits per heavy atom. The van der Waals surface area contributed by atoms with Gasteiger partial charge in [-0.3, -0.25) is 14.3 Å². The number of hydrogen-bond donors (Lipinski definition) is 0. The Balaban J connectivity index is 2.60. The number of aryl methyl sites for hydroxylation is 2. The molecule has 0 aliphatic rings. The van der Waals surface area contributed by atoms with Gasteiger partial charge in [0.25, 0.3) is 0 Å². The van der Waals surface area contributed by atoms with Crippen LogP contribution in [0.2, 0.25) is 0 Å². The van der Waals surface area contributed by atoms with Crippen molar-refractivity contribution in [1.82, 2.24) is 14.7 Å². The molecule has 0 radical (unpaired) electrons. The van der Waals surface area contributed by atoms with Crippen LogP contribution in [0.5, 0.6) is 0 Å². The Hall–Kier alpha value is -1.85. The van der Waals surface area contributed by atoms with E-state index >= 15 is 0 Å². The fourth-order valence-corrected chi connectivity index (χ4v) is 1.43. The summed E-state index contributed by atoms with van der Waals surface area (Å²) in [6.45, 7) is 3.83. The van der Waals surface area contributed by atoms with E-state index in [-0.39, 0.29) is 19.0 Å². The van der Waals surface area contributed by atoms with Gasteiger partial charge in [-0.05, 0) is 19.9 Å². The van der Waals surface area contributed by atoms with Crippen LogP contribution in [0.1, 0.15) is 11.4 Å². The second-order valence-corrected chi connectivity index (χ2v) is 3.91. The van der Waals surface area contributed by atoms with Crippen molar-refractivity contribution in [2.24, 2.45) is 0 Å². The van der Waals surface area contributed by atoms with Crippen LogP contribution < -0.4 is 0 Å². The van der Waals surface area contributed by atoms with Crippen LogP contribution in [0.3, 0.4) is 0 Å². The van der Waals surface area contributed by atoms with Gasteiger partial charge < -0.3 is 9.64 Å². The molecule has 1 aromatic heterocycles. The van der Waals surface area contributed by atoms with Crippen LogP contribution in [-0.2, 0) is 20.9 Å². The number of amides is 1. The third kappa shape index (κ3) is 3.58. The van der Waals surface area contributed by atoms with Gasteiger partial charge in [-0.1, -0.05) is 0 Å². The predicted octanol–water partition coefficient (Wildman–Crippen LogP) is 0.131. The minimum atomic E-state index is -0.436. The van der Waals surface area contributed by atoms with Crippen molar-refractivity contribution in [3.63, 3.8) is 0 Å². The fourth-order valence-electron chi connectivity index (χ4n) is 1.43. The van der Waals surface area contributed by atoms with Crippen molar-refractivity contribution in [3.8, 4) is 0 Å². The molecule has 6 nitrogen and oxygen atoms in total. The zero-order valence-corrected chi connectivity index (χ0v) is 10.6. The van der Waals surface area contributed by atoms with Gasteiger partial charge in [0.1, 0.15) is 13.1 Å². The molecule has 1 rings (SSSR count). The molecule has 1 amide bonds. The molecule has 0 spiro atoms. The van der Waals surface area contributed by atoms with Crippen molar-refractivity contribution in [2.75, 3.05) is 20.7 Å². The first kappa shape index (κ1) is 13.2. The van der Waals surface area contributed by atoms with E-state index in [1.54, 1.807) is 11.7 Å². The van der Waals surface area contributed by atoms with Crippen LogP contribution in [-0.4, -0.2) is 47.3 Å². The number of ether oxygens (including phenoxy) is 1. The molecule has 0 N–H and O–H groups in total. The van der Waals surface area contributed by atoms with Crippen molar-refractivity contribution in [3.05, 3.63) is 17.5 Å². The highest BCUT2D eigenvalue weighted by molar-refractivity contribution is 5.81. The zero-order valence-electron chi connectivity index (χ0n) is 10.6. The van der Waals surface area contributed by atoms with Gasteiger partial charge in [-0.2, -0.15) is 5.10 Å². The Bertz CT molecular complexity index is 426. The topological polar surface area (TPSA) is 64.4 Å². The Morgan fingerprint density at radius 2 is 2.12 bits per heavy atom. The van der Waals surface area contributed by atoms with Crippen molar-refractivity contribution < 1.29 is 14.3 Å². The maximum Gasteiger partial charge on any atom is 0.325 e. The lowest BCUT2D eigenvalue weighted by atomic mass is 10.4. The number of methoxy groups -OCH3 is 1. The van der Waals surface area contributed by atoms with Crippen molar-refractivity contribution in [1.29, 1.82) is 0 Å². The molecule has 0 bridgehead atoms. The Morgan fingerprint density at radius 3 is 2.59 bits per heavy atom. The average Bonchev–Trinajstić information content (AvgIpc) is 2.57. The van der Waals surface area contributed by atoms with E-state index in [1.807, 2.05) is 19.9 Å². The summed E-state index contributed by atoms with van der Waals surface area (Å²) in [6.07, 6.45) is 0. The Kier molecular flexibility index (Phi) is 4.25. The first-order valence-electron chi connectivity index (χ1n) is 5.26. The summed E-state index contributed by atoms with van der Waals surface area (Å²) in [5.74, 6) is -0.615. The molecule has 1 aromatic rings. The van der Waals surface area contributed by atoms with E-state index in [9.17, 15) is 9.59 Å². The smallest absolute Gasteiger partial charge is 0.325 e. The van der Waals surface area contributed by atoms with Gasteiger partial charge >= 0.3 is 5.97 Å². The molecule has 17 heavy (non-hydrogen) atoms. The number of nitrogens with zero attached hydrogens (tertiary/aromatic N) is 3. The monoisotopic (exact) mass is 239 g/mol. The maximum absolute atomic E-state index is 11.8. The van der Waals surface area contributed by atoms with Crippen LogP contribution in [0.25, 0.3) is 0 Å². The quantitative estimate of drug-likeness (QED) is 0.701. The summed E-state index contributed by atoms with van der Waals surface area (Å²) in [5, 5.41) is 4.18. The average molecular weight is 239 g/mol. The van der Waals surface area contributed by atoms with E-state index in [2.05, 4.69) is 9.84 Å². The van der Waals surface area contributed by atoms with Crippen LogP contribution in [0.15, 0.2) is 6.07 Å². The summed E-state index contributed by atoms with van der Waals surface area (Å²) >= 11 is 0. The van der Waals surface area contributed by atoms with Crippen LogP contribution in [0.4, 0.5) is 0 Å². The first-order chi connectivity index (χ1) is 7.93. The third-order valence-corrected chi connectivity index (χ3v) is 2.41. The molecule has 0 atom stereocenters. The third-order valence-electron chi connectivity index (χ3n) is 2.41. The summed E-state index contributed by atoms with van der Waals surface area (Å²) in [7, 11) is 2.85. The lowest BCUT2D eigenvalue weighted by Gasteiger charge is -2.15. The molecule has 0 saturated carbocycles. The molecule has 0 fully saturated rings. The fraction of sp³-hybridized carbons (Fsp3) is 0.545. The van der Waals surface area contributed by atoms with Gasteiger partial charge in [-0.25, -0.2) is 0 Å². The number of carbonyl (C=O) groups excluding carboxylic acids is 2. The number of aromatic nitrogens is 2. The second-order valence-electron chi connectivity index (χ2n) is 3.91. The number of likely N-dealkylation sites (N-methyl/N-ethyl adjacent to an activating group) is 1. The molecule has 94 valence electrons. The molecule has 0 saturated heterocycles. The molecule has 0 aliphatic heterocycles. The minimum absolute atomic E-state index is 0.0470. The van der Waals surface area contributed by atoms with Crippen LogP contribution in [0, 0.1) is 13.8 Å². The number of rotatable bonds is 4. The highest BCUT2D eigenvalue weighted by atomic mass is 16.5.